The third-order valence-electron chi connectivity index (χ3n) is 2.04. The summed E-state index contributed by atoms with van der Waals surface area (Å²) in [5.41, 5.74) is 0. The van der Waals surface area contributed by atoms with Gasteiger partial charge in [0.15, 0.2) is 5.78 Å². The van der Waals surface area contributed by atoms with E-state index in [9.17, 15) is 4.79 Å². The van der Waals surface area contributed by atoms with Crippen molar-refractivity contribution >= 4 is 56.4 Å². The van der Waals surface area contributed by atoms with Crippen LogP contribution in [-0.4, -0.2) is 11.5 Å². The van der Waals surface area contributed by atoms with Crippen molar-refractivity contribution in [3.8, 4) is 0 Å². The average molecular weight is 348 g/mol. The van der Waals surface area contributed by atoms with Gasteiger partial charge in [0.2, 0.25) is 0 Å². The van der Waals surface area contributed by atoms with Crippen LogP contribution in [0.3, 0.4) is 0 Å². The van der Waals surface area contributed by atoms with E-state index in [4.69, 9.17) is 11.6 Å². The monoisotopic (exact) mass is 346 g/mol. The van der Waals surface area contributed by atoms with Gasteiger partial charge in [-0.25, -0.2) is 0 Å². The summed E-state index contributed by atoms with van der Waals surface area (Å²) in [6.07, 6.45) is 0. The molecule has 0 fully saturated rings. The number of Topliss-reactive ketones (excluding diaryl/α,β-unsaturated/α-hetero) is 1. The summed E-state index contributed by atoms with van der Waals surface area (Å²) >= 11 is 12.2. The molecule has 0 aliphatic rings. The molecule has 0 radical (unpaired) electrons. The van der Waals surface area contributed by atoms with Crippen LogP contribution in [0.5, 0.6) is 0 Å². The first kappa shape index (κ1) is 13.1. The lowest BCUT2D eigenvalue weighted by Gasteiger charge is -2.01. The van der Waals surface area contributed by atoms with Gasteiger partial charge in [-0.15, -0.1) is 23.1 Å². The first-order chi connectivity index (χ1) is 8.16. The van der Waals surface area contributed by atoms with Crippen molar-refractivity contribution in [3.05, 3.63) is 50.1 Å². The van der Waals surface area contributed by atoms with Crippen molar-refractivity contribution in [1.29, 1.82) is 0 Å². The van der Waals surface area contributed by atoms with Crippen LogP contribution in [0.25, 0.3) is 0 Å². The highest BCUT2D eigenvalue weighted by Crippen LogP contribution is 2.27. The predicted octanol–water partition coefficient (Wildman–Crippen LogP) is 5.14. The molecule has 0 unspecified atom stereocenters. The molecule has 0 amide bonds. The molecule has 17 heavy (non-hydrogen) atoms. The Kier molecular flexibility index (Phi) is 4.68. The molecule has 0 atom stereocenters. The van der Waals surface area contributed by atoms with Gasteiger partial charge in [-0.05, 0) is 45.6 Å². The van der Waals surface area contributed by atoms with E-state index >= 15 is 0 Å². The minimum absolute atomic E-state index is 0.136. The van der Waals surface area contributed by atoms with Crippen molar-refractivity contribution in [1.82, 2.24) is 0 Å². The fourth-order valence-electron chi connectivity index (χ4n) is 1.26. The molecule has 2 aromatic rings. The van der Waals surface area contributed by atoms with E-state index in [2.05, 4.69) is 15.9 Å². The molecular weight excluding hydrogens is 340 g/mol. The van der Waals surface area contributed by atoms with E-state index in [-0.39, 0.29) is 5.78 Å². The molecule has 0 N–H and O–H groups in total. The lowest BCUT2D eigenvalue weighted by Crippen LogP contribution is -2.00. The minimum Gasteiger partial charge on any atom is -0.292 e. The van der Waals surface area contributed by atoms with Gasteiger partial charge in [-0.2, -0.15) is 0 Å². The maximum atomic E-state index is 11.9. The van der Waals surface area contributed by atoms with E-state index in [0.717, 1.165) is 14.2 Å². The van der Waals surface area contributed by atoms with Gasteiger partial charge in [0.05, 0.1) is 10.6 Å². The topological polar surface area (TPSA) is 17.1 Å². The molecule has 0 aliphatic heterocycles. The Morgan fingerprint density at radius 2 is 2.24 bits per heavy atom. The smallest absolute Gasteiger partial charge is 0.184 e. The molecule has 5 heteroatoms. The highest BCUT2D eigenvalue weighted by Gasteiger charge is 2.11. The summed E-state index contributed by atoms with van der Waals surface area (Å²) in [6.45, 7) is 0. The Hall–Kier alpha value is -0.290. The lowest BCUT2D eigenvalue weighted by atomic mass is 10.3. The molecule has 1 aromatic heterocycles. The molecule has 0 aliphatic carbocycles. The van der Waals surface area contributed by atoms with Crippen LogP contribution >= 0.6 is 50.6 Å². The Morgan fingerprint density at radius 1 is 1.41 bits per heavy atom. The molecule has 1 heterocycles. The van der Waals surface area contributed by atoms with Gasteiger partial charge in [-0.1, -0.05) is 17.7 Å². The molecule has 0 bridgehead atoms. The third-order valence-corrected chi connectivity index (χ3v) is 5.14. The van der Waals surface area contributed by atoms with Gasteiger partial charge in [0.1, 0.15) is 0 Å². The maximum absolute atomic E-state index is 11.9. The molecule has 1 nitrogen and oxygen atoms in total. The Labute approximate surface area is 121 Å². The molecule has 1 aromatic carbocycles. The van der Waals surface area contributed by atoms with Crippen LogP contribution in [0, 0.1) is 0 Å². The largest absolute Gasteiger partial charge is 0.292 e. The van der Waals surface area contributed by atoms with Gasteiger partial charge in [0.25, 0.3) is 0 Å². The first-order valence-corrected chi connectivity index (χ1v) is 7.85. The van der Waals surface area contributed by atoms with E-state index in [1.165, 1.54) is 23.1 Å². The van der Waals surface area contributed by atoms with Crippen LogP contribution in [0.1, 0.15) is 9.67 Å². The van der Waals surface area contributed by atoms with Crippen LogP contribution in [-0.2, 0) is 0 Å². The van der Waals surface area contributed by atoms with Gasteiger partial charge >= 0.3 is 0 Å². The van der Waals surface area contributed by atoms with Crippen LogP contribution in [0.4, 0.5) is 0 Å². The molecule has 0 spiro atoms. The maximum Gasteiger partial charge on any atom is 0.184 e. The highest BCUT2D eigenvalue weighted by atomic mass is 79.9. The van der Waals surface area contributed by atoms with Crippen molar-refractivity contribution in [2.24, 2.45) is 0 Å². The highest BCUT2D eigenvalue weighted by molar-refractivity contribution is 9.10. The average Bonchev–Trinajstić information content (AvgIpc) is 2.72. The van der Waals surface area contributed by atoms with Crippen LogP contribution in [0.2, 0.25) is 5.02 Å². The Bertz CT molecular complexity index is 539. The number of thioether (sulfide) groups is 1. The predicted molar refractivity (Wildman–Crippen MR) is 78.5 cm³/mol. The van der Waals surface area contributed by atoms with E-state index in [1.54, 1.807) is 0 Å². The van der Waals surface area contributed by atoms with E-state index < -0.39 is 0 Å². The van der Waals surface area contributed by atoms with Gasteiger partial charge in [0, 0.05) is 14.4 Å². The third kappa shape index (κ3) is 3.58. The second kappa shape index (κ2) is 6.05. The van der Waals surface area contributed by atoms with E-state index in [0.29, 0.717) is 10.8 Å². The van der Waals surface area contributed by atoms with Gasteiger partial charge in [-0.3, -0.25) is 4.79 Å². The molecule has 2 rings (SSSR count). The Morgan fingerprint density at radius 3 is 2.88 bits per heavy atom. The quantitative estimate of drug-likeness (QED) is 0.563. The summed E-state index contributed by atoms with van der Waals surface area (Å²) < 4.78 is 0.874. The van der Waals surface area contributed by atoms with Gasteiger partial charge < -0.3 is 0 Å². The van der Waals surface area contributed by atoms with Crippen molar-refractivity contribution in [2.75, 3.05) is 5.75 Å². The number of carbonyl (C=O) groups is 1. The van der Waals surface area contributed by atoms with E-state index in [1.807, 2.05) is 35.7 Å². The van der Waals surface area contributed by atoms with Crippen molar-refractivity contribution in [3.63, 3.8) is 0 Å². The number of hydrogen-bond acceptors (Lipinski definition) is 3. The summed E-state index contributed by atoms with van der Waals surface area (Å²) in [5, 5.41) is 2.60. The standard InChI is InChI=1S/C12H8BrClOS2/c13-10-4-5-16-12(10)11(15)7-17-9-3-1-2-8(14)6-9/h1-6H,7H2. The number of benzene rings is 1. The second-order valence-corrected chi connectivity index (χ2v) is 6.52. The molecular formula is C12H8BrClOS2. The molecule has 88 valence electrons. The Balaban J connectivity index is 1.99. The number of halogens is 2. The normalized spacial score (nSPS) is 10.5. The summed E-state index contributed by atoms with van der Waals surface area (Å²) in [7, 11) is 0. The molecule has 0 saturated carbocycles. The van der Waals surface area contributed by atoms with Crippen LogP contribution in [0.15, 0.2) is 45.1 Å². The number of carbonyl (C=O) groups excluding carboxylic acids is 1. The summed E-state index contributed by atoms with van der Waals surface area (Å²) in [6, 6.07) is 9.41. The van der Waals surface area contributed by atoms with Crippen LogP contribution < -0.4 is 0 Å². The summed E-state index contributed by atoms with van der Waals surface area (Å²) in [4.78, 5) is 13.7. The number of ketones is 1. The SMILES string of the molecule is O=C(CSc1cccc(Cl)c1)c1sccc1Br. The minimum atomic E-state index is 0.136. The lowest BCUT2D eigenvalue weighted by molar-refractivity contribution is 0.102. The zero-order valence-electron chi connectivity index (χ0n) is 8.65. The zero-order chi connectivity index (χ0) is 12.3. The second-order valence-electron chi connectivity index (χ2n) is 3.27. The number of thiophene rings is 1. The first-order valence-electron chi connectivity index (χ1n) is 4.81. The summed E-state index contributed by atoms with van der Waals surface area (Å²) in [5.74, 6) is 0.566. The van der Waals surface area contributed by atoms with Crippen molar-refractivity contribution in [2.45, 2.75) is 4.90 Å². The molecule has 0 saturated heterocycles. The fraction of sp³-hybridized carbons (Fsp3) is 0.0833. The zero-order valence-corrected chi connectivity index (χ0v) is 12.6. The fourth-order valence-corrected chi connectivity index (χ4v) is 3.97. The number of hydrogen-bond donors (Lipinski definition) is 0. The number of rotatable bonds is 4. The van der Waals surface area contributed by atoms with Crippen molar-refractivity contribution < 1.29 is 4.79 Å².